The largest absolute Gasteiger partial charge is 0.456 e. The molecule has 2 rings (SSSR count). The molecule has 0 saturated carbocycles. The summed E-state index contributed by atoms with van der Waals surface area (Å²) in [6.45, 7) is -0.573. The van der Waals surface area contributed by atoms with E-state index in [1.165, 1.54) is 23.9 Å². The van der Waals surface area contributed by atoms with E-state index in [1.54, 1.807) is 12.1 Å². The Hall–Kier alpha value is -2.48. The summed E-state index contributed by atoms with van der Waals surface area (Å²) < 4.78 is 43.7. The zero-order valence-corrected chi connectivity index (χ0v) is 13.7. The number of nitrogens with one attached hydrogen (secondary N) is 1. The van der Waals surface area contributed by atoms with E-state index in [4.69, 9.17) is 4.74 Å². The summed E-state index contributed by atoms with van der Waals surface area (Å²) in [6, 6.07) is 8.53. The lowest BCUT2D eigenvalue weighted by Gasteiger charge is -2.07. The molecule has 1 amide bonds. The van der Waals surface area contributed by atoms with Gasteiger partial charge in [0.1, 0.15) is 17.5 Å². The number of amides is 1. The van der Waals surface area contributed by atoms with Crippen molar-refractivity contribution in [2.45, 2.75) is 11.3 Å². The van der Waals surface area contributed by atoms with Gasteiger partial charge in [-0.15, -0.1) is 11.8 Å². The highest BCUT2D eigenvalue weighted by Gasteiger charge is 2.11. The van der Waals surface area contributed by atoms with E-state index in [2.05, 4.69) is 5.32 Å². The Bertz CT molecular complexity index is 753. The van der Waals surface area contributed by atoms with E-state index in [-0.39, 0.29) is 17.9 Å². The minimum Gasteiger partial charge on any atom is -0.456 e. The Labute approximate surface area is 146 Å². The maximum atomic E-state index is 13.4. The summed E-state index contributed by atoms with van der Waals surface area (Å²) >= 11 is 1.34. The molecule has 0 aliphatic carbocycles. The highest BCUT2D eigenvalue weighted by atomic mass is 32.2. The first-order valence-electron chi connectivity index (χ1n) is 7.23. The molecule has 2 aromatic rings. The molecule has 1 N–H and O–H groups in total. The van der Waals surface area contributed by atoms with Crippen molar-refractivity contribution in [3.8, 4) is 0 Å². The second kappa shape index (κ2) is 9.12. The van der Waals surface area contributed by atoms with Crippen molar-refractivity contribution in [1.29, 1.82) is 0 Å². The van der Waals surface area contributed by atoms with Gasteiger partial charge in [-0.1, -0.05) is 0 Å². The molecule has 0 fully saturated rings. The van der Waals surface area contributed by atoms with Crippen molar-refractivity contribution in [3.05, 3.63) is 59.9 Å². The monoisotopic (exact) mass is 369 g/mol. The molecule has 25 heavy (non-hydrogen) atoms. The van der Waals surface area contributed by atoms with Gasteiger partial charge in [0.25, 0.3) is 5.91 Å². The number of carbonyl (C=O) groups excluding carboxylic acids is 2. The smallest absolute Gasteiger partial charge is 0.307 e. The molecule has 0 saturated heterocycles. The van der Waals surface area contributed by atoms with Crippen LogP contribution >= 0.6 is 11.8 Å². The number of carbonyl (C=O) groups is 2. The first-order valence-corrected chi connectivity index (χ1v) is 8.21. The molecule has 0 heterocycles. The van der Waals surface area contributed by atoms with Gasteiger partial charge in [0, 0.05) is 16.7 Å². The predicted molar refractivity (Wildman–Crippen MR) is 87.7 cm³/mol. The molecule has 4 nitrogen and oxygen atoms in total. The highest BCUT2D eigenvalue weighted by Crippen LogP contribution is 2.19. The normalized spacial score (nSPS) is 10.4. The Morgan fingerprint density at radius 3 is 2.36 bits per heavy atom. The molecule has 2 aromatic carbocycles. The maximum Gasteiger partial charge on any atom is 0.307 e. The number of halogens is 3. The van der Waals surface area contributed by atoms with Crippen molar-refractivity contribution in [1.82, 2.24) is 0 Å². The average molecular weight is 369 g/mol. The summed E-state index contributed by atoms with van der Waals surface area (Å²) in [5, 5.41) is 2.18. The van der Waals surface area contributed by atoms with Crippen LogP contribution in [0.4, 0.5) is 18.9 Å². The van der Waals surface area contributed by atoms with Crippen molar-refractivity contribution < 1.29 is 27.5 Å². The van der Waals surface area contributed by atoms with Crippen LogP contribution in [0.3, 0.4) is 0 Å². The summed E-state index contributed by atoms with van der Waals surface area (Å²) in [5.74, 6) is -2.95. The second-order valence-corrected chi connectivity index (χ2v) is 6.05. The molecule has 0 aliphatic heterocycles. The number of thioether (sulfide) groups is 1. The van der Waals surface area contributed by atoms with Gasteiger partial charge < -0.3 is 10.1 Å². The zero-order chi connectivity index (χ0) is 18.2. The van der Waals surface area contributed by atoms with Crippen molar-refractivity contribution in [3.63, 3.8) is 0 Å². The summed E-state index contributed by atoms with van der Waals surface area (Å²) in [4.78, 5) is 24.0. The van der Waals surface area contributed by atoms with Gasteiger partial charge in [-0.2, -0.15) is 0 Å². The van der Waals surface area contributed by atoms with E-state index < -0.39 is 30.1 Å². The maximum absolute atomic E-state index is 13.4. The number of ether oxygens (including phenoxy) is 1. The van der Waals surface area contributed by atoms with Crippen LogP contribution in [0.2, 0.25) is 0 Å². The van der Waals surface area contributed by atoms with Crippen LogP contribution in [0.15, 0.2) is 47.4 Å². The molecule has 0 atom stereocenters. The highest BCUT2D eigenvalue weighted by molar-refractivity contribution is 7.99. The Morgan fingerprint density at radius 1 is 1.00 bits per heavy atom. The standard InChI is InChI=1S/C17H14F3NO3S/c18-11-1-4-13(5-2-11)25-8-7-17(23)24-10-16(22)21-15-6-3-12(19)9-14(15)20/h1-6,9H,7-8,10H2,(H,21,22). The van der Waals surface area contributed by atoms with Gasteiger partial charge in [-0.05, 0) is 36.4 Å². The van der Waals surface area contributed by atoms with E-state index >= 15 is 0 Å². The third kappa shape index (κ3) is 6.50. The fourth-order valence-electron chi connectivity index (χ4n) is 1.78. The fraction of sp³-hybridized carbons (Fsp3) is 0.176. The minimum atomic E-state index is -0.921. The summed E-state index contributed by atoms with van der Waals surface area (Å²) in [5.41, 5.74) is -0.200. The van der Waals surface area contributed by atoms with Gasteiger partial charge in [0.05, 0.1) is 12.1 Å². The quantitative estimate of drug-likeness (QED) is 0.596. The van der Waals surface area contributed by atoms with Gasteiger partial charge >= 0.3 is 5.97 Å². The van der Waals surface area contributed by atoms with Gasteiger partial charge in [0.2, 0.25) is 0 Å². The van der Waals surface area contributed by atoms with Crippen LogP contribution in [0.5, 0.6) is 0 Å². The summed E-state index contributed by atoms with van der Waals surface area (Å²) in [7, 11) is 0. The molecular weight excluding hydrogens is 355 g/mol. The van der Waals surface area contributed by atoms with Crippen LogP contribution in [-0.4, -0.2) is 24.2 Å². The SMILES string of the molecule is O=C(COC(=O)CCSc1ccc(F)cc1)Nc1ccc(F)cc1F. The Balaban J connectivity index is 1.68. The zero-order valence-electron chi connectivity index (χ0n) is 12.9. The first kappa shape index (κ1) is 18.9. The second-order valence-electron chi connectivity index (χ2n) is 4.89. The molecular formula is C17H14F3NO3S. The number of hydrogen-bond donors (Lipinski definition) is 1. The molecule has 0 unspecified atom stereocenters. The van der Waals surface area contributed by atoms with Gasteiger partial charge in [0.15, 0.2) is 6.61 Å². The van der Waals surface area contributed by atoms with E-state index in [1.807, 2.05) is 0 Å². The van der Waals surface area contributed by atoms with Gasteiger partial charge in [-0.3, -0.25) is 9.59 Å². The van der Waals surface area contributed by atoms with Crippen LogP contribution in [0.1, 0.15) is 6.42 Å². The fourth-order valence-corrected chi connectivity index (χ4v) is 2.61. The van der Waals surface area contributed by atoms with Crippen molar-refractivity contribution in [2.24, 2.45) is 0 Å². The lowest BCUT2D eigenvalue weighted by Crippen LogP contribution is -2.21. The number of rotatable bonds is 7. The summed E-state index contributed by atoms with van der Waals surface area (Å²) in [6.07, 6.45) is 0.0558. The molecule has 132 valence electrons. The first-order chi connectivity index (χ1) is 11.9. The third-order valence-corrected chi connectivity index (χ3v) is 3.97. The van der Waals surface area contributed by atoms with Crippen LogP contribution in [-0.2, 0) is 14.3 Å². The predicted octanol–water partition coefficient (Wildman–Crippen LogP) is 3.77. The van der Waals surface area contributed by atoms with Crippen LogP contribution in [0.25, 0.3) is 0 Å². The molecule has 0 radical (unpaired) electrons. The van der Waals surface area contributed by atoms with E-state index in [9.17, 15) is 22.8 Å². The Morgan fingerprint density at radius 2 is 1.68 bits per heavy atom. The lowest BCUT2D eigenvalue weighted by molar-refractivity contribution is -0.146. The topological polar surface area (TPSA) is 55.4 Å². The van der Waals surface area contributed by atoms with E-state index in [0.717, 1.165) is 17.0 Å². The number of benzene rings is 2. The molecule has 0 aromatic heterocycles. The number of hydrogen-bond acceptors (Lipinski definition) is 4. The van der Waals surface area contributed by atoms with Crippen LogP contribution in [0, 0.1) is 17.5 Å². The van der Waals surface area contributed by atoms with Crippen LogP contribution < -0.4 is 5.32 Å². The van der Waals surface area contributed by atoms with Gasteiger partial charge in [-0.25, -0.2) is 13.2 Å². The van der Waals surface area contributed by atoms with Crippen molar-refractivity contribution >= 4 is 29.3 Å². The molecule has 0 aliphatic rings. The number of esters is 1. The lowest BCUT2D eigenvalue weighted by atomic mass is 10.3. The third-order valence-electron chi connectivity index (χ3n) is 2.96. The molecule has 0 bridgehead atoms. The molecule has 8 heteroatoms. The molecule has 0 spiro atoms. The Kier molecular flexibility index (Phi) is 6.88. The number of anilines is 1. The minimum absolute atomic E-state index is 0.0558. The average Bonchev–Trinajstić information content (AvgIpc) is 2.57. The van der Waals surface area contributed by atoms with Crippen molar-refractivity contribution in [2.75, 3.05) is 17.7 Å². The van der Waals surface area contributed by atoms with E-state index in [0.29, 0.717) is 11.8 Å².